The highest BCUT2D eigenvalue weighted by atomic mass is 35.5. The number of hydrogen-bond acceptors (Lipinski definition) is 5. The van der Waals surface area contributed by atoms with E-state index in [2.05, 4.69) is 10.3 Å². The smallest absolute Gasteiger partial charge is 0.338 e. The van der Waals surface area contributed by atoms with Crippen LogP contribution in [0.25, 0.3) is 10.9 Å². The van der Waals surface area contributed by atoms with Crippen LogP contribution in [0, 0.1) is 6.92 Å². The Hall–Kier alpha value is -2.79. The molecule has 0 radical (unpaired) electrons. The number of rotatable bonds is 6. The number of carbonyl (C=O) groups is 1. The Morgan fingerprint density at radius 2 is 1.81 bits per heavy atom. The minimum Gasteiger partial charge on any atom is -0.492 e. The molecule has 0 saturated heterocycles. The van der Waals surface area contributed by atoms with E-state index in [1.54, 1.807) is 13.0 Å². The van der Waals surface area contributed by atoms with Gasteiger partial charge >= 0.3 is 5.97 Å². The van der Waals surface area contributed by atoms with E-state index < -0.39 is 0 Å². The molecule has 0 aliphatic carbocycles. The molecule has 3 aromatic rings. The molecule has 142 valence electrons. The molecule has 3 rings (SSSR count). The summed E-state index contributed by atoms with van der Waals surface area (Å²) in [5.74, 6) is 0.440. The lowest BCUT2D eigenvalue weighted by Gasteiger charge is -2.15. The van der Waals surface area contributed by atoms with Gasteiger partial charge in [0, 0.05) is 16.8 Å². The molecule has 1 heterocycles. The van der Waals surface area contributed by atoms with Gasteiger partial charge in [0.2, 0.25) is 0 Å². The van der Waals surface area contributed by atoms with Gasteiger partial charge in [0.05, 0.1) is 30.0 Å². The zero-order valence-electron chi connectivity index (χ0n) is 15.6. The van der Waals surface area contributed by atoms with Gasteiger partial charge in [-0.1, -0.05) is 12.1 Å². The van der Waals surface area contributed by atoms with Gasteiger partial charge in [-0.25, -0.2) is 4.79 Å². The number of pyridine rings is 1. The van der Waals surface area contributed by atoms with Crippen molar-refractivity contribution < 1.29 is 14.3 Å². The van der Waals surface area contributed by atoms with Crippen molar-refractivity contribution in [2.24, 2.45) is 0 Å². The predicted molar refractivity (Wildman–Crippen MR) is 111 cm³/mol. The Morgan fingerprint density at radius 1 is 1.04 bits per heavy atom. The average molecular weight is 387 g/mol. The van der Waals surface area contributed by atoms with E-state index in [4.69, 9.17) is 9.47 Å². The average Bonchev–Trinajstić information content (AvgIpc) is 2.63. The van der Waals surface area contributed by atoms with Crippen LogP contribution in [-0.2, 0) is 4.74 Å². The summed E-state index contributed by atoms with van der Waals surface area (Å²) in [7, 11) is 0. The number of fused-ring (bicyclic) bond motifs is 1. The normalized spacial score (nSPS) is 10.2. The Kier molecular flexibility index (Phi) is 7.02. The van der Waals surface area contributed by atoms with Crippen LogP contribution in [0.3, 0.4) is 0 Å². The number of carbonyl (C=O) groups excluding carboxylic acids is 1. The molecule has 0 aliphatic rings. The van der Waals surface area contributed by atoms with Crippen molar-refractivity contribution in [2.45, 2.75) is 20.8 Å². The highest BCUT2D eigenvalue weighted by molar-refractivity contribution is 6.00. The first-order valence-corrected chi connectivity index (χ1v) is 8.69. The SMILES string of the molecule is CCOC(=O)c1ccc2nc(C)cc(Nc3ccccc3OCC)c2c1.Cl. The third-order valence-electron chi connectivity index (χ3n) is 3.90. The fourth-order valence-electron chi connectivity index (χ4n) is 2.80. The highest BCUT2D eigenvalue weighted by Gasteiger charge is 2.12. The summed E-state index contributed by atoms with van der Waals surface area (Å²) in [4.78, 5) is 16.6. The molecule has 0 amide bonds. The van der Waals surface area contributed by atoms with Crippen molar-refractivity contribution in [3.8, 4) is 5.75 Å². The zero-order valence-corrected chi connectivity index (χ0v) is 16.4. The van der Waals surface area contributed by atoms with Crippen molar-refractivity contribution in [3.05, 3.63) is 59.8 Å². The third-order valence-corrected chi connectivity index (χ3v) is 3.90. The summed E-state index contributed by atoms with van der Waals surface area (Å²) in [5.41, 5.74) is 3.94. The van der Waals surface area contributed by atoms with Crippen molar-refractivity contribution in [1.82, 2.24) is 4.98 Å². The minimum atomic E-state index is -0.337. The Bertz CT molecular complexity index is 944. The molecule has 0 spiro atoms. The number of aryl methyl sites for hydroxylation is 1. The molecule has 1 N–H and O–H groups in total. The number of para-hydroxylation sites is 2. The molecule has 0 unspecified atom stereocenters. The van der Waals surface area contributed by atoms with Gasteiger partial charge in [0.1, 0.15) is 5.75 Å². The Morgan fingerprint density at radius 3 is 2.56 bits per heavy atom. The summed E-state index contributed by atoms with van der Waals surface area (Å²) in [6, 6.07) is 15.1. The fraction of sp³-hybridized carbons (Fsp3) is 0.238. The molecule has 1 aromatic heterocycles. The van der Waals surface area contributed by atoms with Crippen LogP contribution >= 0.6 is 12.4 Å². The molecule has 6 heteroatoms. The van der Waals surface area contributed by atoms with Crippen LogP contribution in [0.4, 0.5) is 11.4 Å². The van der Waals surface area contributed by atoms with E-state index in [1.807, 2.05) is 56.3 Å². The number of nitrogens with one attached hydrogen (secondary N) is 1. The van der Waals surface area contributed by atoms with Crippen LogP contribution in [-0.4, -0.2) is 24.2 Å². The lowest BCUT2D eigenvalue weighted by molar-refractivity contribution is 0.0526. The number of hydrogen-bond donors (Lipinski definition) is 1. The van der Waals surface area contributed by atoms with Crippen molar-refractivity contribution in [1.29, 1.82) is 0 Å². The number of halogens is 1. The first-order valence-electron chi connectivity index (χ1n) is 8.69. The topological polar surface area (TPSA) is 60.5 Å². The summed E-state index contributed by atoms with van der Waals surface area (Å²) in [6.07, 6.45) is 0. The van der Waals surface area contributed by atoms with E-state index in [0.29, 0.717) is 18.8 Å². The first kappa shape index (κ1) is 20.5. The number of nitrogens with zero attached hydrogens (tertiary/aromatic N) is 1. The number of anilines is 2. The maximum absolute atomic E-state index is 12.1. The summed E-state index contributed by atoms with van der Waals surface area (Å²) in [6.45, 7) is 6.62. The van der Waals surface area contributed by atoms with E-state index in [0.717, 1.165) is 33.7 Å². The lowest BCUT2D eigenvalue weighted by atomic mass is 10.1. The second-order valence-electron chi connectivity index (χ2n) is 5.82. The monoisotopic (exact) mass is 386 g/mol. The zero-order chi connectivity index (χ0) is 18.5. The molecule has 0 saturated carbocycles. The van der Waals surface area contributed by atoms with Crippen LogP contribution in [0.2, 0.25) is 0 Å². The molecule has 0 bridgehead atoms. The standard InChI is InChI=1S/C21H22N2O3.ClH/c1-4-25-20-9-7-6-8-18(20)23-19-12-14(3)22-17-11-10-15(13-16(17)19)21(24)26-5-2;/h6-13H,4-5H2,1-3H3,(H,22,23);1H. The van der Waals surface area contributed by atoms with Gasteiger partial charge in [0.25, 0.3) is 0 Å². The van der Waals surface area contributed by atoms with Crippen molar-refractivity contribution in [2.75, 3.05) is 18.5 Å². The Labute approximate surface area is 165 Å². The van der Waals surface area contributed by atoms with Crippen molar-refractivity contribution in [3.63, 3.8) is 0 Å². The molecule has 27 heavy (non-hydrogen) atoms. The van der Waals surface area contributed by atoms with Gasteiger partial charge in [-0.2, -0.15) is 0 Å². The van der Waals surface area contributed by atoms with Gasteiger partial charge < -0.3 is 14.8 Å². The number of esters is 1. The highest BCUT2D eigenvalue weighted by Crippen LogP contribution is 2.32. The molecule has 0 fully saturated rings. The molecular formula is C21H23ClN2O3. The Balaban J connectivity index is 0.00000261. The quantitative estimate of drug-likeness (QED) is 0.583. The van der Waals surface area contributed by atoms with E-state index >= 15 is 0 Å². The summed E-state index contributed by atoms with van der Waals surface area (Å²) >= 11 is 0. The van der Waals surface area contributed by atoms with Crippen LogP contribution in [0.15, 0.2) is 48.5 Å². The van der Waals surface area contributed by atoms with E-state index in [-0.39, 0.29) is 18.4 Å². The minimum absolute atomic E-state index is 0. The first-order chi connectivity index (χ1) is 12.6. The second-order valence-corrected chi connectivity index (χ2v) is 5.82. The number of ether oxygens (including phenoxy) is 2. The van der Waals surface area contributed by atoms with Crippen LogP contribution in [0.5, 0.6) is 5.75 Å². The van der Waals surface area contributed by atoms with Gasteiger partial charge in [-0.15, -0.1) is 12.4 Å². The largest absolute Gasteiger partial charge is 0.492 e. The number of aromatic nitrogens is 1. The van der Waals surface area contributed by atoms with Crippen LogP contribution in [0.1, 0.15) is 29.9 Å². The van der Waals surface area contributed by atoms with Crippen LogP contribution < -0.4 is 10.1 Å². The number of benzene rings is 2. The van der Waals surface area contributed by atoms with Gasteiger partial charge in [-0.05, 0) is 57.2 Å². The van der Waals surface area contributed by atoms with Gasteiger partial charge in [-0.3, -0.25) is 4.98 Å². The molecular weight excluding hydrogens is 364 g/mol. The molecule has 0 atom stereocenters. The van der Waals surface area contributed by atoms with E-state index in [1.165, 1.54) is 0 Å². The second kappa shape index (κ2) is 9.24. The third kappa shape index (κ3) is 4.68. The van der Waals surface area contributed by atoms with Crippen molar-refractivity contribution >= 4 is 40.7 Å². The lowest BCUT2D eigenvalue weighted by Crippen LogP contribution is -2.05. The summed E-state index contributed by atoms with van der Waals surface area (Å²) in [5, 5.41) is 4.28. The maximum atomic E-state index is 12.1. The fourth-order valence-corrected chi connectivity index (χ4v) is 2.80. The molecule has 2 aromatic carbocycles. The molecule has 0 aliphatic heterocycles. The summed E-state index contributed by atoms with van der Waals surface area (Å²) < 4.78 is 10.8. The maximum Gasteiger partial charge on any atom is 0.338 e. The molecule has 5 nitrogen and oxygen atoms in total. The van der Waals surface area contributed by atoms with Gasteiger partial charge in [0.15, 0.2) is 0 Å². The van der Waals surface area contributed by atoms with E-state index in [9.17, 15) is 4.79 Å². The predicted octanol–water partition coefficient (Wildman–Crippen LogP) is 5.28.